The number of anilines is 1. The number of nitrogen functional groups attached to an aromatic ring is 1. The summed E-state index contributed by atoms with van der Waals surface area (Å²) in [6.07, 6.45) is -0.0309. The molecule has 15 heavy (non-hydrogen) atoms. The molecule has 1 aromatic carbocycles. The van der Waals surface area contributed by atoms with Gasteiger partial charge in [0.2, 0.25) is 0 Å². The molecule has 0 radical (unpaired) electrons. The summed E-state index contributed by atoms with van der Waals surface area (Å²) in [5.74, 6) is -0.547. The molecule has 1 aromatic rings. The van der Waals surface area contributed by atoms with E-state index in [0.29, 0.717) is 17.0 Å². The second-order valence-corrected chi connectivity index (χ2v) is 3.68. The molecule has 4 heteroatoms. The molecule has 1 rings (SSSR count). The Morgan fingerprint density at radius 2 is 2.07 bits per heavy atom. The van der Waals surface area contributed by atoms with Crippen LogP contribution in [0.5, 0.6) is 5.75 Å². The lowest BCUT2D eigenvalue weighted by Crippen LogP contribution is -2.09. The molecule has 0 amide bonds. The Bertz CT molecular complexity index is 386. The second kappa shape index (κ2) is 4.21. The van der Waals surface area contributed by atoms with Crippen molar-refractivity contribution in [2.75, 3.05) is 5.73 Å². The third-order valence-corrected chi connectivity index (χ3v) is 1.95. The van der Waals surface area contributed by atoms with Crippen LogP contribution in [-0.4, -0.2) is 17.2 Å². The minimum absolute atomic E-state index is 0.0309. The van der Waals surface area contributed by atoms with E-state index in [9.17, 15) is 4.79 Å². The molecule has 0 saturated heterocycles. The molecule has 0 aliphatic carbocycles. The van der Waals surface area contributed by atoms with Gasteiger partial charge < -0.3 is 15.6 Å². The SMILES string of the molecule is Cc1cc(N)c(OC(C)C)cc1C(=O)O. The quantitative estimate of drug-likeness (QED) is 0.747. The van der Waals surface area contributed by atoms with Gasteiger partial charge in [-0.3, -0.25) is 0 Å². The van der Waals surface area contributed by atoms with Crippen molar-refractivity contribution in [3.8, 4) is 5.75 Å². The van der Waals surface area contributed by atoms with E-state index >= 15 is 0 Å². The monoisotopic (exact) mass is 209 g/mol. The van der Waals surface area contributed by atoms with Gasteiger partial charge in [0.25, 0.3) is 0 Å². The van der Waals surface area contributed by atoms with Gasteiger partial charge in [0.05, 0.1) is 17.4 Å². The van der Waals surface area contributed by atoms with Crippen LogP contribution in [0.3, 0.4) is 0 Å². The van der Waals surface area contributed by atoms with E-state index in [-0.39, 0.29) is 11.7 Å². The van der Waals surface area contributed by atoms with E-state index in [2.05, 4.69) is 0 Å². The Morgan fingerprint density at radius 1 is 1.47 bits per heavy atom. The van der Waals surface area contributed by atoms with Gasteiger partial charge in [-0.1, -0.05) is 0 Å². The maximum atomic E-state index is 10.9. The molecule has 82 valence electrons. The van der Waals surface area contributed by atoms with E-state index in [1.165, 1.54) is 6.07 Å². The molecule has 0 saturated carbocycles. The van der Waals surface area contributed by atoms with Gasteiger partial charge in [0.1, 0.15) is 5.75 Å². The Hall–Kier alpha value is -1.71. The molecule has 0 spiro atoms. The van der Waals surface area contributed by atoms with Gasteiger partial charge in [0.15, 0.2) is 0 Å². The molecule has 0 atom stereocenters. The molecule has 0 aromatic heterocycles. The van der Waals surface area contributed by atoms with Crippen LogP contribution in [0.4, 0.5) is 5.69 Å². The van der Waals surface area contributed by atoms with E-state index in [1.807, 2.05) is 13.8 Å². The third kappa shape index (κ3) is 2.62. The number of aryl methyl sites for hydroxylation is 1. The lowest BCUT2D eigenvalue weighted by molar-refractivity contribution is 0.0695. The Balaban J connectivity index is 3.17. The van der Waals surface area contributed by atoms with Crippen LogP contribution in [0.25, 0.3) is 0 Å². The first-order valence-electron chi connectivity index (χ1n) is 4.72. The summed E-state index contributed by atoms with van der Waals surface area (Å²) in [6.45, 7) is 5.43. The Labute approximate surface area is 88.7 Å². The van der Waals surface area contributed by atoms with Crippen LogP contribution >= 0.6 is 0 Å². The zero-order valence-electron chi connectivity index (χ0n) is 9.07. The minimum atomic E-state index is -0.971. The predicted octanol–water partition coefficient (Wildman–Crippen LogP) is 2.06. The molecule has 0 bridgehead atoms. The summed E-state index contributed by atoms with van der Waals surface area (Å²) < 4.78 is 5.40. The van der Waals surface area contributed by atoms with Crippen molar-refractivity contribution < 1.29 is 14.6 Å². The zero-order valence-corrected chi connectivity index (χ0v) is 9.07. The zero-order chi connectivity index (χ0) is 11.6. The normalized spacial score (nSPS) is 10.4. The third-order valence-electron chi connectivity index (χ3n) is 1.95. The predicted molar refractivity (Wildman–Crippen MR) is 58.3 cm³/mol. The average Bonchev–Trinajstić information content (AvgIpc) is 2.08. The molecule has 0 heterocycles. The lowest BCUT2D eigenvalue weighted by atomic mass is 10.1. The smallest absolute Gasteiger partial charge is 0.336 e. The summed E-state index contributed by atoms with van der Waals surface area (Å²) >= 11 is 0. The summed E-state index contributed by atoms with van der Waals surface area (Å²) in [4.78, 5) is 10.9. The highest BCUT2D eigenvalue weighted by Crippen LogP contribution is 2.26. The Morgan fingerprint density at radius 3 is 2.53 bits per heavy atom. The number of carboxylic acid groups (broad SMARTS) is 1. The van der Waals surface area contributed by atoms with Crippen molar-refractivity contribution in [3.63, 3.8) is 0 Å². The molecule has 0 unspecified atom stereocenters. The van der Waals surface area contributed by atoms with Crippen molar-refractivity contribution >= 4 is 11.7 Å². The molecule has 4 nitrogen and oxygen atoms in total. The molecule has 0 aliphatic heterocycles. The van der Waals surface area contributed by atoms with Gasteiger partial charge in [-0.05, 0) is 38.5 Å². The van der Waals surface area contributed by atoms with Gasteiger partial charge in [-0.25, -0.2) is 4.79 Å². The summed E-state index contributed by atoms with van der Waals surface area (Å²) in [6, 6.07) is 3.08. The molecule has 0 fully saturated rings. The van der Waals surface area contributed by atoms with Gasteiger partial charge >= 0.3 is 5.97 Å². The van der Waals surface area contributed by atoms with Crippen LogP contribution in [-0.2, 0) is 0 Å². The van der Waals surface area contributed by atoms with E-state index in [4.69, 9.17) is 15.6 Å². The number of hydrogen-bond acceptors (Lipinski definition) is 3. The van der Waals surface area contributed by atoms with Crippen molar-refractivity contribution in [2.45, 2.75) is 26.9 Å². The number of aromatic carboxylic acids is 1. The highest BCUT2D eigenvalue weighted by Gasteiger charge is 2.12. The van der Waals surface area contributed by atoms with Crippen molar-refractivity contribution in [3.05, 3.63) is 23.3 Å². The van der Waals surface area contributed by atoms with E-state index in [0.717, 1.165) is 0 Å². The van der Waals surface area contributed by atoms with Crippen LogP contribution in [0, 0.1) is 6.92 Å². The summed E-state index contributed by atoms with van der Waals surface area (Å²) in [5.41, 5.74) is 7.04. The fourth-order valence-corrected chi connectivity index (χ4v) is 1.30. The van der Waals surface area contributed by atoms with Gasteiger partial charge in [0, 0.05) is 0 Å². The van der Waals surface area contributed by atoms with Gasteiger partial charge in [-0.15, -0.1) is 0 Å². The second-order valence-electron chi connectivity index (χ2n) is 3.68. The molecular weight excluding hydrogens is 194 g/mol. The number of ether oxygens (including phenoxy) is 1. The molecule has 0 aliphatic rings. The molecular formula is C11H15NO3. The first-order valence-corrected chi connectivity index (χ1v) is 4.72. The van der Waals surface area contributed by atoms with Crippen LogP contribution in [0.1, 0.15) is 29.8 Å². The van der Waals surface area contributed by atoms with Crippen molar-refractivity contribution in [2.24, 2.45) is 0 Å². The van der Waals surface area contributed by atoms with Crippen LogP contribution in [0.15, 0.2) is 12.1 Å². The standard InChI is InChI=1S/C11H15NO3/c1-6(2)15-10-5-8(11(13)14)7(3)4-9(10)12/h4-6H,12H2,1-3H3,(H,13,14). The Kier molecular flexibility index (Phi) is 3.19. The van der Waals surface area contributed by atoms with Crippen molar-refractivity contribution in [1.29, 1.82) is 0 Å². The van der Waals surface area contributed by atoms with E-state index < -0.39 is 5.97 Å². The largest absolute Gasteiger partial charge is 0.489 e. The highest BCUT2D eigenvalue weighted by atomic mass is 16.5. The maximum absolute atomic E-state index is 10.9. The number of carboxylic acids is 1. The van der Waals surface area contributed by atoms with Crippen molar-refractivity contribution in [1.82, 2.24) is 0 Å². The summed E-state index contributed by atoms with van der Waals surface area (Å²) in [7, 11) is 0. The van der Waals surface area contributed by atoms with Gasteiger partial charge in [-0.2, -0.15) is 0 Å². The fourth-order valence-electron chi connectivity index (χ4n) is 1.30. The first-order chi connectivity index (χ1) is 6.91. The maximum Gasteiger partial charge on any atom is 0.336 e. The summed E-state index contributed by atoms with van der Waals surface area (Å²) in [5, 5.41) is 8.92. The number of nitrogens with two attached hydrogens (primary N) is 1. The van der Waals surface area contributed by atoms with Crippen LogP contribution in [0.2, 0.25) is 0 Å². The van der Waals surface area contributed by atoms with Crippen LogP contribution < -0.4 is 10.5 Å². The topological polar surface area (TPSA) is 72.5 Å². The number of hydrogen-bond donors (Lipinski definition) is 2. The highest BCUT2D eigenvalue weighted by molar-refractivity contribution is 5.90. The fraction of sp³-hybridized carbons (Fsp3) is 0.364. The number of carbonyl (C=O) groups is 1. The molecule has 3 N–H and O–H groups in total. The lowest BCUT2D eigenvalue weighted by Gasteiger charge is -2.13. The minimum Gasteiger partial charge on any atom is -0.489 e. The average molecular weight is 209 g/mol. The van der Waals surface area contributed by atoms with E-state index in [1.54, 1.807) is 13.0 Å². The first kappa shape index (κ1) is 11.4. The number of rotatable bonds is 3. The number of benzene rings is 1.